The largest absolute Gasteiger partial charge is 0.310 e. The van der Waals surface area contributed by atoms with Gasteiger partial charge in [0.1, 0.15) is 0 Å². The maximum absolute atomic E-state index is 4.15. The summed E-state index contributed by atoms with van der Waals surface area (Å²) < 4.78 is 1.05. The summed E-state index contributed by atoms with van der Waals surface area (Å²) in [7, 11) is 0. The second kappa shape index (κ2) is 5.08. The molecule has 1 aromatic rings. The van der Waals surface area contributed by atoms with Crippen LogP contribution in [0.3, 0.4) is 0 Å². The van der Waals surface area contributed by atoms with Crippen LogP contribution in [-0.2, 0) is 6.54 Å². The first-order valence-corrected chi connectivity index (χ1v) is 6.36. The van der Waals surface area contributed by atoms with Crippen LogP contribution in [0.5, 0.6) is 0 Å². The Morgan fingerprint density at radius 2 is 2.33 bits per heavy atom. The average molecular weight is 269 g/mol. The molecule has 3 heteroatoms. The zero-order valence-electron chi connectivity index (χ0n) is 9.04. The summed E-state index contributed by atoms with van der Waals surface area (Å²) in [5.41, 5.74) is 1.24. The Morgan fingerprint density at radius 3 is 3.00 bits per heavy atom. The van der Waals surface area contributed by atoms with Crippen LogP contribution in [0.25, 0.3) is 0 Å². The Labute approximate surface area is 99.6 Å². The van der Waals surface area contributed by atoms with Gasteiger partial charge in [0.2, 0.25) is 0 Å². The van der Waals surface area contributed by atoms with Crippen molar-refractivity contribution in [1.82, 2.24) is 10.3 Å². The summed E-state index contributed by atoms with van der Waals surface area (Å²) in [6.45, 7) is 3.18. The van der Waals surface area contributed by atoms with Gasteiger partial charge in [-0.1, -0.05) is 12.8 Å². The number of halogens is 1. The lowest BCUT2D eigenvalue weighted by Gasteiger charge is -2.13. The normalized spacial score (nSPS) is 17.7. The van der Waals surface area contributed by atoms with Gasteiger partial charge in [-0.2, -0.15) is 0 Å². The zero-order chi connectivity index (χ0) is 10.7. The minimum Gasteiger partial charge on any atom is -0.310 e. The predicted octanol–water partition coefficient (Wildman–Crippen LogP) is 3.12. The van der Waals surface area contributed by atoms with Crippen LogP contribution in [-0.4, -0.2) is 11.0 Å². The van der Waals surface area contributed by atoms with Gasteiger partial charge in [0.25, 0.3) is 0 Å². The van der Waals surface area contributed by atoms with Gasteiger partial charge in [-0.25, -0.2) is 0 Å². The maximum atomic E-state index is 4.15. The molecule has 0 amide bonds. The summed E-state index contributed by atoms with van der Waals surface area (Å²) in [6.07, 6.45) is 7.93. The van der Waals surface area contributed by atoms with E-state index in [0.717, 1.165) is 16.9 Å². The zero-order valence-corrected chi connectivity index (χ0v) is 10.6. The molecule has 0 bridgehead atoms. The van der Waals surface area contributed by atoms with E-state index in [1.54, 1.807) is 0 Å². The molecule has 2 rings (SSSR count). The van der Waals surface area contributed by atoms with Gasteiger partial charge >= 0.3 is 0 Å². The molecule has 1 N–H and O–H groups in total. The summed E-state index contributed by atoms with van der Waals surface area (Å²) in [4.78, 5) is 4.15. The summed E-state index contributed by atoms with van der Waals surface area (Å²) >= 11 is 3.43. The first-order chi connectivity index (χ1) is 7.24. The van der Waals surface area contributed by atoms with E-state index in [4.69, 9.17) is 0 Å². The third-order valence-electron chi connectivity index (χ3n) is 2.80. The van der Waals surface area contributed by atoms with Crippen LogP contribution in [0.15, 0.2) is 22.9 Å². The maximum Gasteiger partial charge on any atom is 0.0410 e. The van der Waals surface area contributed by atoms with E-state index in [1.165, 1.54) is 24.8 Å². The smallest absolute Gasteiger partial charge is 0.0410 e. The molecule has 15 heavy (non-hydrogen) atoms. The van der Waals surface area contributed by atoms with Crippen molar-refractivity contribution in [3.63, 3.8) is 0 Å². The predicted molar refractivity (Wildman–Crippen MR) is 65.6 cm³/mol. The third kappa shape index (κ3) is 3.92. The van der Waals surface area contributed by atoms with Gasteiger partial charge in [0, 0.05) is 29.5 Å². The van der Waals surface area contributed by atoms with E-state index < -0.39 is 0 Å². The molecule has 1 fully saturated rings. The Balaban J connectivity index is 1.76. The molecule has 1 unspecified atom stereocenters. The Bertz CT molecular complexity index is 323. The second-order valence-electron chi connectivity index (χ2n) is 4.47. The van der Waals surface area contributed by atoms with Crippen molar-refractivity contribution in [1.29, 1.82) is 0 Å². The van der Waals surface area contributed by atoms with Gasteiger partial charge in [-0.15, -0.1) is 0 Å². The molecule has 0 aromatic carbocycles. The first kappa shape index (κ1) is 11.1. The highest BCUT2D eigenvalue weighted by Crippen LogP contribution is 2.33. The van der Waals surface area contributed by atoms with E-state index >= 15 is 0 Å². The third-order valence-corrected chi connectivity index (χ3v) is 3.23. The highest BCUT2D eigenvalue weighted by atomic mass is 79.9. The van der Waals surface area contributed by atoms with Crippen molar-refractivity contribution in [2.45, 2.75) is 38.8 Å². The summed E-state index contributed by atoms with van der Waals surface area (Å²) in [6, 6.07) is 2.74. The number of hydrogen-bond donors (Lipinski definition) is 1. The monoisotopic (exact) mass is 268 g/mol. The van der Waals surface area contributed by atoms with E-state index in [9.17, 15) is 0 Å². The molecule has 0 radical (unpaired) electrons. The molecular formula is C12H17BrN2. The highest BCUT2D eigenvalue weighted by Gasteiger charge is 2.23. The molecule has 0 spiro atoms. The topological polar surface area (TPSA) is 24.9 Å². The minimum absolute atomic E-state index is 0.622. The highest BCUT2D eigenvalue weighted by molar-refractivity contribution is 9.10. The van der Waals surface area contributed by atoms with E-state index in [-0.39, 0.29) is 0 Å². The van der Waals surface area contributed by atoms with Crippen molar-refractivity contribution < 1.29 is 0 Å². The van der Waals surface area contributed by atoms with Crippen LogP contribution in [0.2, 0.25) is 0 Å². The van der Waals surface area contributed by atoms with Crippen molar-refractivity contribution in [3.8, 4) is 0 Å². The SMILES string of the molecule is CC(CC1CC1)NCc1cncc(Br)c1. The van der Waals surface area contributed by atoms with E-state index in [0.29, 0.717) is 6.04 Å². The van der Waals surface area contributed by atoms with Crippen LogP contribution >= 0.6 is 15.9 Å². The number of nitrogens with one attached hydrogen (secondary N) is 1. The second-order valence-corrected chi connectivity index (χ2v) is 5.39. The van der Waals surface area contributed by atoms with Crippen LogP contribution in [0.1, 0.15) is 31.7 Å². The number of aromatic nitrogens is 1. The summed E-state index contributed by atoms with van der Waals surface area (Å²) in [5, 5.41) is 3.54. The molecule has 2 nitrogen and oxygen atoms in total. The van der Waals surface area contributed by atoms with Gasteiger partial charge in [-0.05, 0) is 46.8 Å². The van der Waals surface area contributed by atoms with Crippen molar-refractivity contribution in [2.75, 3.05) is 0 Å². The number of pyridine rings is 1. The van der Waals surface area contributed by atoms with Crippen LogP contribution < -0.4 is 5.32 Å². The quantitative estimate of drug-likeness (QED) is 0.888. The van der Waals surface area contributed by atoms with Crippen molar-refractivity contribution in [3.05, 3.63) is 28.5 Å². The average Bonchev–Trinajstić information content (AvgIpc) is 2.99. The van der Waals surface area contributed by atoms with Gasteiger partial charge in [0.05, 0.1) is 0 Å². The molecule has 82 valence electrons. The fraction of sp³-hybridized carbons (Fsp3) is 0.583. The standard InChI is InChI=1S/C12H17BrN2/c1-9(4-10-2-3-10)15-7-11-5-12(13)8-14-6-11/h5-6,8-10,15H,2-4,7H2,1H3. The van der Waals surface area contributed by atoms with Crippen molar-refractivity contribution in [2.24, 2.45) is 5.92 Å². The molecule has 1 aliphatic carbocycles. The molecule has 1 heterocycles. The molecule has 0 saturated heterocycles. The molecule has 1 saturated carbocycles. The van der Waals surface area contributed by atoms with Gasteiger partial charge in [0.15, 0.2) is 0 Å². The van der Waals surface area contributed by atoms with Crippen molar-refractivity contribution >= 4 is 15.9 Å². The lowest BCUT2D eigenvalue weighted by atomic mass is 10.1. The number of nitrogens with zero attached hydrogens (tertiary/aromatic N) is 1. The molecule has 0 aliphatic heterocycles. The minimum atomic E-state index is 0.622. The molecular weight excluding hydrogens is 252 g/mol. The van der Waals surface area contributed by atoms with Gasteiger partial charge < -0.3 is 5.32 Å². The fourth-order valence-electron chi connectivity index (χ4n) is 1.78. The lowest BCUT2D eigenvalue weighted by molar-refractivity contribution is 0.487. The number of hydrogen-bond acceptors (Lipinski definition) is 2. The lowest BCUT2D eigenvalue weighted by Crippen LogP contribution is -2.25. The van der Waals surface area contributed by atoms with Crippen LogP contribution in [0, 0.1) is 5.92 Å². The summed E-state index contributed by atoms with van der Waals surface area (Å²) in [5.74, 6) is 0.994. The molecule has 1 atom stereocenters. The fourth-order valence-corrected chi connectivity index (χ4v) is 2.19. The Kier molecular flexibility index (Phi) is 3.76. The number of rotatable bonds is 5. The Hall–Kier alpha value is -0.410. The van der Waals surface area contributed by atoms with E-state index in [1.807, 2.05) is 12.4 Å². The van der Waals surface area contributed by atoms with Gasteiger partial charge in [-0.3, -0.25) is 4.98 Å². The molecule has 1 aliphatic rings. The Morgan fingerprint density at radius 1 is 1.53 bits per heavy atom. The molecule has 1 aromatic heterocycles. The first-order valence-electron chi connectivity index (χ1n) is 5.57. The van der Waals surface area contributed by atoms with Crippen LogP contribution in [0.4, 0.5) is 0 Å². The van der Waals surface area contributed by atoms with E-state index in [2.05, 4.69) is 39.2 Å².